The van der Waals surface area contributed by atoms with Crippen molar-refractivity contribution in [2.24, 2.45) is 0 Å². The Hall–Kier alpha value is -7.80. The van der Waals surface area contributed by atoms with Crippen LogP contribution in [-0.2, 0) is 0 Å². The Balaban J connectivity index is 1.28. The highest BCUT2D eigenvalue weighted by Gasteiger charge is 2.28. The SMILES string of the molecule is c1ccc(-c2cccc(-c3c4cc5c6ccccc6c6cccc(c4c(-c4cccc(-c7ccccc7)c4)c4c7ccc8ccc9cccc%10cc(c34)c7c8c9%10)c65)c2)cc1. The van der Waals surface area contributed by atoms with E-state index in [-0.39, 0.29) is 0 Å². The summed E-state index contributed by atoms with van der Waals surface area (Å²) >= 11 is 0. The molecule has 0 saturated carbocycles. The molecule has 0 unspecified atom stereocenters. The first-order valence-electron chi connectivity index (χ1n) is 21.0. The van der Waals surface area contributed by atoms with Gasteiger partial charge in [-0.1, -0.05) is 182 Å². The molecule has 0 aromatic heterocycles. The molecule has 0 amide bonds. The zero-order chi connectivity index (χ0) is 39.1. The van der Waals surface area contributed by atoms with Gasteiger partial charge in [0.1, 0.15) is 0 Å². The molecule has 14 rings (SSSR count). The van der Waals surface area contributed by atoms with Crippen molar-refractivity contribution in [3.05, 3.63) is 206 Å². The van der Waals surface area contributed by atoms with Gasteiger partial charge in [0.15, 0.2) is 0 Å². The summed E-state index contributed by atoms with van der Waals surface area (Å²) < 4.78 is 0. The van der Waals surface area contributed by atoms with Crippen LogP contribution in [0.2, 0.25) is 0 Å². The Morgan fingerprint density at radius 2 is 0.667 bits per heavy atom. The fraction of sp³-hybridized carbons (Fsp3) is 0. The molecule has 0 radical (unpaired) electrons. The molecular formula is C60H34. The first kappa shape index (κ1) is 32.2. The second-order valence-corrected chi connectivity index (χ2v) is 16.7. The lowest BCUT2D eigenvalue weighted by atomic mass is 9.83. The fourth-order valence-electron chi connectivity index (χ4n) is 11.2. The molecule has 0 bridgehead atoms. The van der Waals surface area contributed by atoms with Crippen LogP contribution in [0, 0.1) is 0 Å². The highest BCUT2D eigenvalue weighted by molar-refractivity contribution is 6.47. The normalized spacial score (nSPS) is 12.3. The molecule has 0 nitrogen and oxygen atoms in total. The van der Waals surface area contributed by atoms with Crippen LogP contribution in [0.1, 0.15) is 0 Å². The predicted molar refractivity (Wildman–Crippen MR) is 259 cm³/mol. The zero-order valence-corrected chi connectivity index (χ0v) is 32.6. The number of fused-ring (bicyclic) bond motifs is 8. The maximum absolute atomic E-state index is 2.55. The third-order valence-electron chi connectivity index (χ3n) is 13.6. The average Bonchev–Trinajstić information content (AvgIpc) is 3.82. The monoisotopic (exact) mass is 754 g/mol. The maximum atomic E-state index is 2.55. The van der Waals surface area contributed by atoms with E-state index in [1.807, 2.05) is 0 Å². The fourth-order valence-corrected chi connectivity index (χ4v) is 11.2. The highest BCUT2D eigenvalue weighted by atomic mass is 14.3. The van der Waals surface area contributed by atoms with E-state index in [4.69, 9.17) is 0 Å². The second kappa shape index (κ2) is 11.9. The molecule has 60 heavy (non-hydrogen) atoms. The van der Waals surface area contributed by atoms with Crippen molar-refractivity contribution < 1.29 is 0 Å². The smallest absolute Gasteiger partial charge is 0.000717 e. The summed E-state index contributed by atoms with van der Waals surface area (Å²) in [5, 5.41) is 23.8. The Labute approximate surface area is 346 Å². The summed E-state index contributed by atoms with van der Waals surface area (Å²) in [5.74, 6) is 0. The van der Waals surface area contributed by atoms with Crippen molar-refractivity contribution >= 4 is 97.0 Å². The van der Waals surface area contributed by atoms with Gasteiger partial charge in [-0.25, -0.2) is 0 Å². The first-order valence-corrected chi connectivity index (χ1v) is 21.0. The molecule has 0 aliphatic carbocycles. The standard InChI is InChI=1S/C60H34/c1-3-13-35(14-4-1)39-18-10-20-41(31-39)53-51-34-49-45-24-8-7-23-44(45)46-25-12-26-47(56(46)49)57(51)55(42-21-11-19-40(32-42)36-15-5-2-6-16-36)59-48-30-29-38-28-27-37-17-9-22-43-33-50(60(53)59)58(48)54(38)52(37)43/h1-34H. The number of hydrogen-bond acceptors (Lipinski definition) is 0. The lowest BCUT2D eigenvalue weighted by Crippen LogP contribution is -1.92. The van der Waals surface area contributed by atoms with Crippen LogP contribution in [0.5, 0.6) is 0 Å². The lowest BCUT2D eigenvalue weighted by Gasteiger charge is -2.20. The van der Waals surface area contributed by atoms with Crippen LogP contribution in [0.3, 0.4) is 0 Å². The predicted octanol–water partition coefficient (Wildman–Crippen LogP) is 17.0. The second-order valence-electron chi connectivity index (χ2n) is 16.7. The minimum Gasteiger partial charge on any atom is -0.0622 e. The van der Waals surface area contributed by atoms with Crippen LogP contribution in [0.15, 0.2) is 206 Å². The summed E-state index contributed by atoms with van der Waals surface area (Å²) in [4.78, 5) is 0. The van der Waals surface area contributed by atoms with Crippen molar-refractivity contribution in [1.29, 1.82) is 0 Å². The van der Waals surface area contributed by atoms with E-state index in [9.17, 15) is 0 Å². The molecule has 0 fully saturated rings. The van der Waals surface area contributed by atoms with E-state index < -0.39 is 0 Å². The summed E-state index contributed by atoms with van der Waals surface area (Å²) in [6.45, 7) is 0. The van der Waals surface area contributed by atoms with E-state index in [0.717, 1.165) is 0 Å². The average molecular weight is 755 g/mol. The summed E-state index contributed by atoms with van der Waals surface area (Å²) in [5.41, 5.74) is 9.97. The van der Waals surface area contributed by atoms with Gasteiger partial charge in [-0.2, -0.15) is 0 Å². The van der Waals surface area contributed by atoms with Crippen LogP contribution < -0.4 is 0 Å². The van der Waals surface area contributed by atoms with Gasteiger partial charge in [0.2, 0.25) is 0 Å². The molecule has 14 aromatic rings. The third kappa shape index (κ3) is 4.24. The van der Waals surface area contributed by atoms with E-state index >= 15 is 0 Å². The molecule has 274 valence electrons. The molecule has 0 atom stereocenters. The molecular weight excluding hydrogens is 721 g/mol. The Bertz CT molecular complexity index is 4020. The maximum Gasteiger partial charge on any atom is -0.000717 e. The van der Waals surface area contributed by atoms with Crippen molar-refractivity contribution in [3.8, 4) is 44.5 Å². The number of rotatable bonds is 4. The van der Waals surface area contributed by atoms with Gasteiger partial charge in [0.05, 0.1) is 0 Å². The van der Waals surface area contributed by atoms with Crippen LogP contribution >= 0.6 is 0 Å². The molecule has 0 heteroatoms. The Morgan fingerprint density at radius 1 is 0.167 bits per heavy atom. The highest BCUT2D eigenvalue weighted by Crippen LogP contribution is 2.56. The van der Waals surface area contributed by atoms with Crippen molar-refractivity contribution in [2.75, 3.05) is 0 Å². The van der Waals surface area contributed by atoms with E-state index in [2.05, 4.69) is 206 Å². The first-order chi connectivity index (χ1) is 29.8. The van der Waals surface area contributed by atoms with Gasteiger partial charge >= 0.3 is 0 Å². The topological polar surface area (TPSA) is 0 Å². The van der Waals surface area contributed by atoms with E-state index in [1.54, 1.807) is 0 Å². The minimum absolute atomic E-state index is 1.22. The summed E-state index contributed by atoms with van der Waals surface area (Å²) in [7, 11) is 0. The van der Waals surface area contributed by atoms with Crippen molar-refractivity contribution in [2.45, 2.75) is 0 Å². The molecule has 0 aliphatic heterocycles. The van der Waals surface area contributed by atoms with Gasteiger partial charge in [0.25, 0.3) is 0 Å². The van der Waals surface area contributed by atoms with Crippen molar-refractivity contribution in [1.82, 2.24) is 0 Å². The summed E-state index contributed by atoms with van der Waals surface area (Å²) in [6.07, 6.45) is 0. The molecule has 0 heterocycles. The van der Waals surface area contributed by atoms with Crippen LogP contribution in [0.4, 0.5) is 0 Å². The van der Waals surface area contributed by atoms with E-state index in [1.165, 1.54) is 141 Å². The Kier molecular flexibility index (Phi) is 6.38. The zero-order valence-electron chi connectivity index (χ0n) is 32.6. The lowest BCUT2D eigenvalue weighted by molar-refractivity contribution is 1.61. The van der Waals surface area contributed by atoms with Crippen LogP contribution in [-0.4, -0.2) is 0 Å². The molecule has 14 aromatic carbocycles. The van der Waals surface area contributed by atoms with Gasteiger partial charge in [0, 0.05) is 0 Å². The van der Waals surface area contributed by atoms with Gasteiger partial charge in [-0.15, -0.1) is 0 Å². The minimum atomic E-state index is 1.22. The van der Waals surface area contributed by atoms with Crippen molar-refractivity contribution in [3.63, 3.8) is 0 Å². The number of hydrogen-bond donors (Lipinski definition) is 0. The summed E-state index contributed by atoms with van der Waals surface area (Å²) in [6, 6.07) is 77.6. The molecule has 0 spiro atoms. The van der Waals surface area contributed by atoms with E-state index in [0.29, 0.717) is 0 Å². The third-order valence-corrected chi connectivity index (χ3v) is 13.6. The largest absolute Gasteiger partial charge is 0.0622 e. The van der Waals surface area contributed by atoms with Gasteiger partial charge < -0.3 is 0 Å². The quantitative estimate of drug-likeness (QED) is 0.157. The van der Waals surface area contributed by atoms with Gasteiger partial charge in [-0.05, 0) is 166 Å². The number of benzene rings is 12. The molecule has 0 aliphatic rings. The van der Waals surface area contributed by atoms with Crippen LogP contribution in [0.25, 0.3) is 141 Å². The van der Waals surface area contributed by atoms with Gasteiger partial charge in [-0.3, -0.25) is 0 Å². The molecule has 0 saturated heterocycles. The Morgan fingerprint density at radius 3 is 1.40 bits per heavy atom. The molecule has 0 N–H and O–H groups in total.